The van der Waals surface area contributed by atoms with Gasteiger partial charge in [0.25, 0.3) is 0 Å². The molecule has 0 aliphatic rings. The molecular formula is C14H36N2O3Si2. The van der Waals surface area contributed by atoms with Crippen LogP contribution in [0.15, 0.2) is 0 Å². The molecule has 0 aromatic carbocycles. The molecule has 3 N–H and O–H groups in total. The van der Waals surface area contributed by atoms with Crippen molar-refractivity contribution in [2.45, 2.75) is 58.6 Å². The Hall–Kier alpha value is 0.234. The van der Waals surface area contributed by atoms with Crippen LogP contribution < -0.4 is 11.1 Å². The number of rotatable bonds is 13. The lowest BCUT2D eigenvalue weighted by Crippen LogP contribution is -2.53. The van der Waals surface area contributed by atoms with Gasteiger partial charge in [0.2, 0.25) is 0 Å². The third kappa shape index (κ3) is 9.07. The molecular weight excluding hydrogens is 300 g/mol. The molecule has 0 fully saturated rings. The Balaban J connectivity index is 4.65. The molecule has 0 saturated heterocycles. The maximum atomic E-state index is 6.39. The Morgan fingerprint density at radius 2 is 1.62 bits per heavy atom. The van der Waals surface area contributed by atoms with E-state index in [0.717, 1.165) is 25.6 Å². The van der Waals surface area contributed by atoms with Crippen molar-refractivity contribution < 1.29 is 13.3 Å². The van der Waals surface area contributed by atoms with Gasteiger partial charge in [0.05, 0.1) is 8.07 Å². The SMILES string of the molecule is CCO[Si](CCCNCCN)(OCC)OC(C)[Si](C)(C)C. The van der Waals surface area contributed by atoms with Crippen LogP contribution in [0.1, 0.15) is 27.2 Å². The molecule has 0 saturated carbocycles. The van der Waals surface area contributed by atoms with E-state index >= 15 is 0 Å². The van der Waals surface area contributed by atoms with Gasteiger partial charge < -0.3 is 24.3 Å². The lowest BCUT2D eigenvalue weighted by atomic mass is 10.5. The maximum absolute atomic E-state index is 6.39. The number of hydrogen-bond acceptors (Lipinski definition) is 5. The minimum absolute atomic E-state index is 0.235. The molecule has 0 amide bonds. The number of nitrogens with one attached hydrogen (secondary N) is 1. The van der Waals surface area contributed by atoms with E-state index in [9.17, 15) is 0 Å². The fraction of sp³-hybridized carbons (Fsp3) is 1.00. The minimum Gasteiger partial charge on any atom is -0.374 e. The van der Waals surface area contributed by atoms with E-state index in [-0.39, 0.29) is 5.73 Å². The van der Waals surface area contributed by atoms with Crippen molar-refractivity contribution in [1.29, 1.82) is 0 Å². The first kappa shape index (κ1) is 21.2. The van der Waals surface area contributed by atoms with Gasteiger partial charge in [-0.2, -0.15) is 0 Å². The highest BCUT2D eigenvalue weighted by Gasteiger charge is 2.43. The molecule has 1 unspecified atom stereocenters. The lowest BCUT2D eigenvalue weighted by molar-refractivity contribution is 0.0575. The van der Waals surface area contributed by atoms with Crippen molar-refractivity contribution in [2.24, 2.45) is 5.73 Å². The van der Waals surface area contributed by atoms with Gasteiger partial charge in [-0.05, 0) is 33.7 Å². The summed E-state index contributed by atoms with van der Waals surface area (Å²) < 4.78 is 18.4. The number of nitrogens with two attached hydrogens (primary N) is 1. The average molecular weight is 337 g/mol. The van der Waals surface area contributed by atoms with Crippen LogP contribution in [0.4, 0.5) is 0 Å². The maximum Gasteiger partial charge on any atom is 0.500 e. The smallest absolute Gasteiger partial charge is 0.374 e. The van der Waals surface area contributed by atoms with Crippen LogP contribution in [0.2, 0.25) is 25.7 Å². The molecule has 0 heterocycles. The predicted molar refractivity (Wildman–Crippen MR) is 94.2 cm³/mol. The summed E-state index contributed by atoms with van der Waals surface area (Å²) in [6.07, 6.45) is 0.991. The Labute approximate surface area is 133 Å². The second-order valence-electron chi connectivity index (χ2n) is 6.32. The van der Waals surface area contributed by atoms with Gasteiger partial charge in [0, 0.05) is 38.1 Å². The molecule has 0 radical (unpaired) electrons. The monoisotopic (exact) mass is 336 g/mol. The largest absolute Gasteiger partial charge is 0.500 e. The molecule has 0 aliphatic heterocycles. The summed E-state index contributed by atoms with van der Waals surface area (Å²) in [5.41, 5.74) is 5.72. The van der Waals surface area contributed by atoms with E-state index in [1.54, 1.807) is 0 Å². The zero-order chi connectivity index (χ0) is 16.4. The number of hydrogen-bond donors (Lipinski definition) is 2. The van der Waals surface area contributed by atoms with Crippen molar-refractivity contribution in [3.8, 4) is 0 Å². The Bertz CT molecular complexity index is 257. The van der Waals surface area contributed by atoms with Gasteiger partial charge in [-0.3, -0.25) is 0 Å². The topological polar surface area (TPSA) is 65.7 Å². The summed E-state index contributed by atoms with van der Waals surface area (Å²) >= 11 is 0. The quantitative estimate of drug-likeness (QED) is 0.399. The van der Waals surface area contributed by atoms with Crippen LogP contribution in [0.25, 0.3) is 0 Å². The fourth-order valence-corrected chi connectivity index (χ4v) is 6.46. The summed E-state index contributed by atoms with van der Waals surface area (Å²) in [5, 5.41) is 3.31. The lowest BCUT2D eigenvalue weighted by Gasteiger charge is -2.36. The van der Waals surface area contributed by atoms with Crippen LogP contribution >= 0.6 is 0 Å². The van der Waals surface area contributed by atoms with E-state index in [4.69, 9.17) is 19.0 Å². The van der Waals surface area contributed by atoms with Crippen molar-refractivity contribution >= 4 is 16.9 Å². The fourth-order valence-electron chi connectivity index (χ4n) is 1.86. The van der Waals surface area contributed by atoms with E-state index in [0.29, 0.717) is 19.8 Å². The second kappa shape index (κ2) is 10.9. The molecule has 5 nitrogen and oxygen atoms in total. The highest BCUT2D eigenvalue weighted by Crippen LogP contribution is 2.23. The highest BCUT2D eigenvalue weighted by atomic mass is 28.4. The average Bonchev–Trinajstić information content (AvgIpc) is 2.38. The van der Waals surface area contributed by atoms with Gasteiger partial charge >= 0.3 is 8.80 Å². The Morgan fingerprint density at radius 3 is 2.05 bits per heavy atom. The van der Waals surface area contributed by atoms with Crippen molar-refractivity contribution in [3.05, 3.63) is 0 Å². The van der Waals surface area contributed by atoms with Gasteiger partial charge in [0.1, 0.15) is 0 Å². The van der Waals surface area contributed by atoms with E-state index in [1.165, 1.54) is 0 Å². The summed E-state index contributed by atoms with van der Waals surface area (Å²) in [6.45, 7) is 16.9. The second-order valence-corrected chi connectivity index (χ2v) is 14.5. The Kier molecular flexibility index (Phi) is 11.0. The van der Waals surface area contributed by atoms with Crippen LogP contribution in [0.5, 0.6) is 0 Å². The Morgan fingerprint density at radius 1 is 1.05 bits per heavy atom. The molecule has 128 valence electrons. The van der Waals surface area contributed by atoms with Gasteiger partial charge in [-0.25, -0.2) is 0 Å². The van der Waals surface area contributed by atoms with Crippen molar-refractivity contribution in [2.75, 3.05) is 32.8 Å². The summed E-state index contributed by atoms with van der Waals surface area (Å²) in [5.74, 6) is 0. The normalized spacial score (nSPS) is 14.4. The van der Waals surface area contributed by atoms with Crippen molar-refractivity contribution in [3.63, 3.8) is 0 Å². The standard InChI is InChI=1S/C14H36N2O3Si2/c1-7-17-21(18-8-2,13-9-11-16-12-10-15)19-14(3)20(4,5)6/h14,16H,7-13,15H2,1-6H3. The first-order valence-electron chi connectivity index (χ1n) is 8.17. The minimum atomic E-state index is -2.57. The third-order valence-corrected chi connectivity index (χ3v) is 9.39. The van der Waals surface area contributed by atoms with Crippen LogP contribution in [0, 0.1) is 0 Å². The van der Waals surface area contributed by atoms with E-state index in [1.807, 2.05) is 13.8 Å². The van der Waals surface area contributed by atoms with Crippen LogP contribution in [-0.2, 0) is 13.3 Å². The summed E-state index contributed by atoms with van der Waals surface area (Å²) in [6, 6.07) is 0.862. The van der Waals surface area contributed by atoms with Gasteiger partial charge in [0.15, 0.2) is 0 Å². The van der Waals surface area contributed by atoms with Crippen molar-refractivity contribution in [1.82, 2.24) is 5.32 Å². The van der Waals surface area contributed by atoms with Crippen LogP contribution in [-0.4, -0.2) is 55.5 Å². The molecule has 7 heteroatoms. The molecule has 0 spiro atoms. The van der Waals surface area contributed by atoms with E-state index in [2.05, 4.69) is 31.9 Å². The molecule has 0 rings (SSSR count). The molecule has 0 aromatic heterocycles. The predicted octanol–water partition coefficient (Wildman–Crippen LogP) is 2.22. The molecule has 21 heavy (non-hydrogen) atoms. The first-order chi connectivity index (χ1) is 9.81. The third-order valence-electron chi connectivity index (χ3n) is 3.46. The summed E-state index contributed by atoms with van der Waals surface area (Å²) in [7, 11) is -3.93. The molecule has 0 aromatic rings. The highest BCUT2D eigenvalue weighted by molar-refractivity contribution is 6.78. The summed E-state index contributed by atoms with van der Waals surface area (Å²) in [4.78, 5) is 0. The zero-order valence-electron chi connectivity index (χ0n) is 14.8. The molecule has 1 atom stereocenters. The zero-order valence-corrected chi connectivity index (χ0v) is 16.8. The van der Waals surface area contributed by atoms with Gasteiger partial charge in [-0.1, -0.05) is 19.6 Å². The first-order valence-corrected chi connectivity index (χ1v) is 13.7. The van der Waals surface area contributed by atoms with E-state index < -0.39 is 16.9 Å². The molecule has 0 aliphatic carbocycles. The molecule has 0 bridgehead atoms. The van der Waals surface area contributed by atoms with Crippen LogP contribution in [0.3, 0.4) is 0 Å². The van der Waals surface area contributed by atoms with Gasteiger partial charge in [-0.15, -0.1) is 0 Å².